The van der Waals surface area contributed by atoms with Crippen LogP contribution in [0.15, 0.2) is 34.2 Å². The van der Waals surface area contributed by atoms with Gasteiger partial charge in [-0.05, 0) is 26.2 Å². The summed E-state index contributed by atoms with van der Waals surface area (Å²) in [5.41, 5.74) is 3.72. The van der Waals surface area contributed by atoms with E-state index in [1.807, 2.05) is 38.3 Å². The van der Waals surface area contributed by atoms with Crippen LogP contribution in [-0.4, -0.2) is 18.1 Å². The van der Waals surface area contributed by atoms with Crippen molar-refractivity contribution in [1.82, 2.24) is 5.43 Å². The first-order chi connectivity index (χ1) is 7.19. The van der Waals surface area contributed by atoms with Crippen molar-refractivity contribution in [2.45, 2.75) is 24.8 Å². The largest absolute Gasteiger partial charge is 0.308 e. The zero-order valence-electron chi connectivity index (χ0n) is 9.32. The van der Waals surface area contributed by atoms with Crippen LogP contribution in [0.3, 0.4) is 0 Å². The van der Waals surface area contributed by atoms with Crippen LogP contribution >= 0.6 is 11.8 Å². The Kier molecular flexibility index (Phi) is 4.65. The summed E-state index contributed by atoms with van der Waals surface area (Å²) in [5.74, 6) is 6.23. The summed E-state index contributed by atoms with van der Waals surface area (Å²) in [6.45, 7) is 4.05. The van der Waals surface area contributed by atoms with Crippen LogP contribution < -0.4 is 11.3 Å². The number of aliphatic imine (C=N–C) groups is 1. The topological polar surface area (TPSA) is 50.4 Å². The molecule has 1 rings (SSSR count). The maximum Gasteiger partial charge on any atom is 0.143 e. The van der Waals surface area contributed by atoms with Crippen molar-refractivity contribution in [2.75, 3.05) is 6.26 Å². The van der Waals surface area contributed by atoms with Gasteiger partial charge in [-0.25, -0.2) is 5.84 Å². The Bertz CT molecular complexity index is 347. The maximum absolute atomic E-state index is 5.49. The van der Waals surface area contributed by atoms with Crippen LogP contribution in [0, 0.1) is 0 Å². The molecule has 0 aliphatic heterocycles. The van der Waals surface area contributed by atoms with Crippen molar-refractivity contribution in [3.63, 3.8) is 0 Å². The standard InChI is InChI=1S/C11H17N3S/c1-8(2)13-11(14-12)9-6-4-5-7-10(9)15-3/h4-8H,12H2,1-3H3,(H,13,14). The Hall–Kier alpha value is -1.00. The lowest BCUT2D eigenvalue weighted by molar-refractivity contribution is 0.819. The van der Waals surface area contributed by atoms with Crippen LogP contribution in [0.4, 0.5) is 0 Å². The second kappa shape index (κ2) is 5.78. The summed E-state index contributed by atoms with van der Waals surface area (Å²) in [6, 6.07) is 8.31. The fourth-order valence-electron chi connectivity index (χ4n) is 1.28. The van der Waals surface area contributed by atoms with Gasteiger partial charge < -0.3 is 5.43 Å². The summed E-state index contributed by atoms with van der Waals surface area (Å²) in [4.78, 5) is 5.62. The molecule has 4 heteroatoms. The Morgan fingerprint density at radius 3 is 2.60 bits per heavy atom. The van der Waals surface area contributed by atoms with Gasteiger partial charge in [-0.15, -0.1) is 11.8 Å². The average Bonchev–Trinajstić information content (AvgIpc) is 2.25. The zero-order valence-corrected chi connectivity index (χ0v) is 10.1. The lowest BCUT2D eigenvalue weighted by Gasteiger charge is -2.11. The molecule has 0 heterocycles. The molecule has 3 N–H and O–H groups in total. The molecule has 1 aromatic carbocycles. The number of hydrogen-bond donors (Lipinski definition) is 2. The predicted molar refractivity (Wildman–Crippen MR) is 67.2 cm³/mol. The number of nitrogens with one attached hydrogen (secondary N) is 1. The van der Waals surface area contributed by atoms with Gasteiger partial charge >= 0.3 is 0 Å². The van der Waals surface area contributed by atoms with Crippen LogP contribution in [-0.2, 0) is 0 Å². The van der Waals surface area contributed by atoms with Crippen molar-refractivity contribution in [3.8, 4) is 0 Å². The first-order valence-corrected chi connectivity index (χ1v) is 6.09. The molecule has 0 aliphatic rings. The third-order valence-corrected chi connectivity index (χ3v) is 2.68. The number of thioether (sulfide) groups is 1. The monoisotopic (exact) mass is 223 g/mol. The van der Waals surface area contributed by atoms with Gasteiger partial charge in [-0.1, -0.05) is 18.2 Å². The van der Waals surface area contributed by atoms with Gasteiger partial charge in [0.2, 0.25) is 0 Å². The second-order valence-electron chi connectivity index (χ2n) is 3.42. The lowest BCUT2D eigenvalue weighted by Crippen LogP contribution is -2.32. The maximum atomic E-state index is 5.49. The molecule has 82 valence electrons. The van der Waals surface area contributed by atoms with E-state index in [9.17, 15) is 0 Å². The van der Waals surface area contributed by atoms with Gasteiger partial charge in [0, 0.05) is 16.5 Å². The molecular formula is C11H17N3S. The number of hydrogen-bond acceptors (Lipinski definition) is 3. The van der Waals surface area contributed by atoms with Crippen LogP contribution in [0.2, 0.25) is 0 Å². The molecule has 3 nitrogen and oxygen atoms in total. The highest BCUT2D eigenvalue weighted by atomic mass is 32.2. The summed E-state index contributed by atoms with van der Waals surface area (Å²) in [6.07, 6.45) is 2.04. The Labute approximate surface area is 95.1 Å². The van der Waals surface area contributed by atoms with Crippen molar-refractivity contribution in [3.05, 3.63) is 29.8 Å². The van der Waals surface area contributed by atoms with Gasteiger partial charge in [-0.3, -0.25) is 4.99 Å². The molecular weight excluding hydrogens is 206 g/mol. The summed E-state index contributed by atoms with van der Waals surface area (Å²) in [5, 5.41) is 0. The van der Waals surface area contributed by atoms with E-state index in [0.717, 1.165) is 11.4 Å². The molecule has 0 saturated carbocycles. The van der Waals surface area contributed by atoms with E-state index in [2.05, 4.69) is 16.5 Å². The van der Waals surface area contributed by atoms with E-state index in [1.54, 1.807) is 11.8 Å². The highest BCUT2D eigenvalue weighted by Gasteiger charge is 2.07. The van der Waals surface area contributed by atoms with Crippen LogP contribution in [0.25, 0.3) is 0 Å². The van der Waals surface area contributed by atoms with E-state index < -0.39 is 0 Å². The Morgan fingerprint density at radius 1 is 1.40 bits per heavy atom. The van der Waals surface area contributed by atoms with E-state index in [1.165, 1.54) is 4.90 Å². The lowest BCUT2D eigenvalue weighted by atomic mass is 10.2. The molecule has 0 saturated heterocycles. The highest BCUT2D eigenvalue weighted by Crippen LogP contribution is 2.20. The van der Waals surface area contributed by atoms with Gasteiger partial charge in [0.15, 0.2) is 0 Å². The minimum absolute atomic E-state index is 0.228. The molecule has 0 aliphatic carbocycles. The molecule has 0 aromatic heterocycles. The van der Waals surface area contributed by atoms with Gasteiger partial charge in [-0.2, -0.15) is 0 Å². The highest BCUT2D eigenvalue weighted by molar-refractivity contribution is 7.98. The van der Waals surface area contributed by atoms with Crippen molar-refractivity contribution < 1.29 is 0 Å². The molecule has 0 bridgehead atoms. The molecule has 1 aromatic rings. The molecule has 0 unspecified atom stereocenters. The fourth-order valence-corrected chi connectivity index (χ4v) is 1.88. The summed E-state index contributed by atoms with van der Waals surface area (Å²) in [7, 11) is 0. The number of rotatable bonds is 3. The van der Waals surface area contributed by atoms with Gasteiger partial charge in [0.1, 0.15) is 5.84 Å². The minimum atomic E-state index is 0.228. The van der Waals surface area contributed by atoms with Crippen LogP contribution in [0.5, 0.6) is 0 Å². The van der Waals surface area contributed by atoms with Crippen molar-refractivity contribution in [1.29, 1.82) is 0 Å². The van der Waals surface area contributed by atoms with Crippen molar-refractivity contribution >= 4 is 17.6 Å². The van der Waals surface area contributed by atoms with E-state index in [0.29, 0.717) is 0 Å². The number of amidine groups is 1. The number of nitrogens with two attached hydrogens (primary N) is 1. The van der Waals surface area contributed by atoms with Crippen molar-refractivity contribution in [2.24, 2.45) is 10.8 Å². The molecule has 0 radical (unpaired) electrons. The second-order valence-corrected chi connectivity index (χ2v) is 4.26. The molecule has 0 atom stereocenters. The third kappa shape index (κ3) is 3.25. The van der Waals surface area contributed by atoms with Crippen LogP contribution in [0.1, 0.15) is 19.4 Å². The average molecular weight is 223 g/mol. The summed E-state index contributed by atoms with van der Waals surface area (Å²) < 4.78 is 0. The van der Waals surface area contributed by atoms with E-state index >= 15 is 0 Å². The molecule has 15 heavy (non-hydrogen) atoms. The number of benzene rings is 1. The van der Waals surface area contributed by atoms with Gasteiger partial charge in [0.05, 0.1) is 0 Å². The quantitative estimate of drug-likeness (QED) is 0.271. The predicted octanol–water partition coefficient (Wildman–Crippen LogP) is 2.03. The first-order valence-electron chi connectivity index (χ1n) is 4.86. The summed E-state index contributed by atoms with van der Waals surface area (Å²) >= 11 is 1.69. The fraction of sp³-hybridized carbons (Fsp3) is 0.364. The van der Waals surface area contributed by atoms with E-state index in [-0.39, 0.29) is 6.04 Å². The minimum Gasteiger partial charge on any atom is -0.308 e. The van der Waals surface area contributed by atoms with E-state index in [4.69, 9.17) is 5.84 Å². The number of hydrazine groups is 1. The third-order valence-electron chi connectivity index (χ3n) is 1.89. The molecule has 0 fully saturated rings. The normalized spacial score (nSPS) is 11.9. The van der Waals surface area contributed by atoms with Gasteiger partial charge in [0.25, 0.3) is 0 Å². The SMILES string of the molecule is CSc1ccccc1C(=NC(C)C)NN. The smallest absolute Gasteiger partial charge is 0.143 e. The number of nitrogens with zero attached hydrogens (tertiary/aromatic N) is 1. The zero-order chi connectivity index (χ0) is 11.3. The first kappa shape index (κ1) is 12.1. The molecule has 0 spiro atoms. The molecule has 0 amide bonds. The Balaban J connectivity index is 3.12. The Morgan fingerprint density at radius 2 is 2.07 bits per heavy atom.